The van der Waals surface area contributed by atoms with E-state index in [1.807, 2.05) is 18.2 Å². The molecule has 162 valence electrons. The third-order valence-electron chi connectivity index (χ3n) is 4.54. The quantitative estimate of drug-likeness (QED) is 0.252. The summed E-state index contributed by atoms with van der Waals surface area (Å²) in [6.07, 6.45) is 1.74. The average Bonchev–Trinajstić information content (AvgIpc) is 3.03. The molecule has 0 aliphatic carbocycles. The van der Waals surface area contributed by atoms with Crippen LogP contribution in [-0.2, 0) is 11.4 Å². The standard InChI is InChI=1S/C23H13Cl3FNO2S2/c24-15-4-3-14(18(25)10-15)12-30-17-6-1-13(2-7-17)9-21-22(29)28(23(31)32-21)16-5-8-20(27)19(26)11-16/h1-11H,12H2/b21-9+. The fraction of sp³-hybridized carbons (Fsp3) is 0.0435. The molecule has 32 heavy (non-hydrogen) atoms. The van der Waals surface area contributed by atoms with E-state index in [2.05, 4.69) is 0 Å². The van der Waals surface area contributed by atoms with Crippen molar-refractivity contribution in [1.82, 2.24) is 0 Å². The van der Waals surface area contributed by atoms with Crippen LogP contribution >= 0.6 is 58.8 Å². The van der Waals surface area contributed by atoms with Crippen LogP contribution in [0, 0.1) is 5.82 Å². The summed E-state index contributed by atoms with van der Waals surface area (Å²) in [5.74, 6) is -0.195. The summed E-state index contributed by atoms with van der Waals surface area (Å²) in [5, 5.41) is 1.03. The van der Waals surface area contributed by atoms with Gasteiger partial charge in [0.1, 0.15) is 18.2 Å². The van der Waals surface area contributed by atoms with Gasteiger partial charge in [-0.15, -0.1) is 0 Å². The number of carbonyl (C=O) groups is 1. The monoisotopic (exact) mass is 523 g/mol. The molecule has 0 bridgehead atoms. The molecule has 1 saturated heterocycles. The lowest BCUT2D eigenvalue weighted by molar-refractivity contribution is -0.113. The maximum Gasteiger partial charge on any atom is 0.270 e. The Balaban J connectivity index is 1.46. The lowest BCUT2D eigenvalue weighted by Gasteiger charge is -2.14. The number of hydrogen-bond acceptors (Lipinski definition) is 4. The minimum Gasteiger partial charge on any atom is -0.489 e. The Morgan fingerprint density at radius 2 is 1.75 bits per heavy atom. The van der Waals surface area contributed by atoms with Crippen LogP contribution in [0.2, 0.25) is 15.1 Å². The van der Waals surface area contributed by atoms with Gasteiger partial charge in [0.15, 0.2) is 4.32 Å². The fourth-order valence-corrected chi connectivity index (χ4v) is 4.86. The van der Waals surface area contributed by atoms with Gasteiger partial charge in [-0.3, -0.25) is 9.69 Å². The summed E-state index contributed by atoms with van der Waals surface area (Å²) in [4.78, 5) is 14.7. The molecule has 9 heteroatoms. The van der Waals surface area contributed by atoms with Crippen molar-refractivity contribution in [3.05, 3.63) is 97.6 Å². The molecule has 0 N–H and O–H groups in total. The Morgan fingerprint density at radius 3 is 2.44 bits per heavy atom. The van der Waals surface area contributed by atoms with E-state index in [1.165, 1.54) is 34.9 Å². The molecule has 4 rings (SSSR count). The van der Waals surface area contributed by atoms with Crippen molar-refractivity contribution < 1.29 is 13.9 Å². The molecule has 0 radical (unpaired) electrons. The van der Waals surface area contributed by atoms with Gasteiger partial charge in [-0.05, 0) is 54.1 Å². The zero-order chi connectivity index (χ0) is 22.8. The number of benzene rings is 3. The van der Waals surface area contributed by atoms with E-state index in [4.69, 9.17) is 51.8 Å². The number of anilines is 1. The topological polar surface area (TPSA) is 29.5 Å². The van der Waals surface area contributed by atoms with Crippen molar-refractivity contribution >= 4 is 80.8 Å². The lowest BCUT2D eigenvalue weighted by atomic mass is 10.2. The second-order valence-corrected chi connectivity index (χ2v) is 9.64. The number of thioether (sulfide) groups is 1. The number of halogens is 4. The molecule has 3 aromatic carbocycles. The molecule has 3 aromatic rings. The van der Waals surface area contributed by atoms with Gasteiger partial charge in [0.2, 0.25) is 0 Å². The highest BCUT2D eigenvalue weighted by atomic mass is 35.5. The summed E-state index contributed by atoms with van der Waals surface area (Å²) in [6.45, 7) is 0.300. The third kappa shape index (κ3) is 5.11. The zero-order valence-corrected chi connectivity index (χ0v) is 20.1. The second kappa shape index (κ2) is 9.81. The fourth-order valence-electron chi connectivity index (χ4n) is 2.93. The largest absolute Gasteiger partial charge is 0.489 e. The van der Waals surface area contributed by atoms with E-state index in [0.717, 1.165) is 11.1 Å². The van der Waals surface area contributed by atoms with Crippen molar-refractivity contribution in [1.29, 1.82) is 0 Å². The van der Waals surface area contributed by atoms with Crippen molar-refractivity contribution in [2.75, 3.05) is 4.90 Å². The molecular formula is C23H13Cl3FNO2S2. The van der Waals surface area contributed by atoms with E-state index < -0.39 is 5.82 Å². The number of amides is 1. The van der Waals surface area contributed by atoms with E-state index in [0.29, 0.717) is 37.3 Å². The smallest absolute Gasteiger partial charge is 0.270 e. The van der Waals surface area contributed by atoms with Gasteiger partial charge >= 0.3 is 0 Å². The molecule has 1 aliphatic rings. The highest BCUT2D eigenvalue weighted by Gasteiger charge is 2.33. The van der Waals surface area contributed by atoms with Crippen molar-refractivity contribution in [3.63, 3.8) is 0 Å². The van der Waals surface area contributed by atoms with E-state index in [1.54, 1.807) is 30.3 Å². The molecule has 1 heterocycles. The van der Waals surface area contributed by atoms with Gasteiger partial charge in [-0.2, -0.15) is 0 Å². The van der Waals surface area contributed by atoms with Crippen molar-refractivity contribution in [3.8, 4) is 5.75 Å². The van der Waals surface area contributed by atoms with Crippen molar-refractivity contribution in [2.24, 2.45) is 0 Å². The highest BCUT2D eigenvalue weighted by molar-refractivity contribution is 8.27. The maximum absolute atomic E-state index is 13.5. The summed E-state index contributed by atoms with van der Waals surface area (Å²) >= 11 is 24.4. The van der Waals surface area contributed by atoms with Crippen LogP contribution in [0.3, 0.4) is 0 Å². The van der Waals surface area contributed by atoms with Gasteiger partial charge in [0, 0.05) is 15.6 Å². The van der Waals surface area contributed by atoms with E-state index in [-0.39, 0.29) is 10.9 Å². The predicted octanol–water partition coefficient (Wildman–Crippen LogP) is 7.77. The summed E-state index contributed by atoms with van der Waals surface area (Å²) in [6, 6.07) is 16.6. The first-order chi connectivity index (χ1) is 15.3. The number of thiocarbonyl (C=S) groups is 1. The summed E-state index contributed by atoms with van der Waals surface area (Å²) in [5.41, 5.74) is 2.05. The summed E-state index contributed by atoms with van der Waals surface area (Å²) in [7, 11) is 0. The molecule has 0 aromatic heterocycles. The predicted molar refractivity (Wildman–Crippen MR) is 134 cm³/mol. The van der Waals surface area contributed by atoms with Gasteiger partial charge in [0.05, 0.1) is 15.6 Å². The van der Waals surface area contributed by atoms with Gasteiger partial charge < -0.3 is 4.74 Å². The van der Waals surface area contributed by atoms with Gasteiger partial charge in [0.25, 0.3) is 5.91 Å². The number of ether oxygens (including phenoxy) is 1. The van der Waals surface area contributed by atoms with E-state index >= 15 is 0 Å². The number of hydrogen-bond donors (Lipinski definition) is 0. The minimum absolute atomic E-state index is 0.0731. The van der Waals surface area contributed by atoms with E-state index in [9.17, 15) is 9.18 Å². The SMILES string of the molecule is O=C1/C(=C\c2ccc(OCc3ccc(Cl)cc3Cl)cc2)SC(=S)N1c1ccc(F)c(Cl)c1. The first kappa shape index (κ1) is 23.1. The Hall–Kier alpha value is -2.09. The third-order valence-corrected chi connectivity index (χ3v) is 6.72. The molecule has 0 saturated carbocycles. The molecule has 0 atom stereocenters. The van der Waals surface area contributed by atoms with Crippen LogP contribution in [0.15, 0.2) is 65.6 Å². The number of rotatable bonds is 5. The van der Waals surface area contributed by atoms with Crippen molar-refractivity contribution in [2.45, 2.75) is 6.61 Å². The summed E-state index contributed by atoms with van der Waals surface area (Å²) < 4.78 is 19.6. The first-order valence-corrected chi connectivity index (χ1v) is 11.6. The van der Waals surface area contributed by atoms with Gasteiger partial charge in [-0.1, -0.05) is 77.0 Å². The molecule has 1 amide bonds. The Morgan fingerprint density at radius 1 is 1.00 bits per heavy atom. The van der Waals surface area contributed by atoms with Crippen LogP contribution < -0.4 is 9.64 Å². The lowest BCUT2D eigenvalue weighted by Crippen LogP contribution is -2.27. The first-order valence-electron chi connectivity index (χ1n) is 9.21. The molecule has 0 spiro atoms. The molecular weight excluding hydrogens is 512 g/mol. The Kier molecular flexibility index (Phi) is 7.08. The second-order valence-electron chi connectivity index (χ2n) is 6.71. The number of nitrogens with zero attached hydrogens (tertiary/aromatic N) is 1. The average molecular weight is 525 g/mol. The molecule has 3 nitrogen and oxygen atoms in total. The normalized spacial score (nSPS) is 15.0. The van der Waals surface area contributed by atoms with Crippen LogP contribution in [0.1, 0.15) is 11.1 Å². The maximum atomic E-state index is 13.5. The Labute approximate surface area is 208 Å². The van der Waals surface area contributed by atoms with Crippen LogP contribution in [0.5, 0.6) is 5.75 Å². The van der Waals surface area contributed by atoms with Crippen LogP contribution in [0.25, 0.3) is 6.08 Å². The Bertz CT molecular complexity index is 1250. The molecule has 1 aliphatic heterocycles. The van der Waals surface area contributed by atoms with Crippen LogP contribution in [0.4, 0.5) is 10.1 Å². The number of carbonyl (C=O) groups excluding carboxylic acids is 1. The van der Waals surface area contributed by atoms with Gasteiger partial charge in [-0.25, -0.2) is 4.39 Å². The minimum atomic E-state index is -0.558. The van der Waals surface area contributed by atoms with Crippen LogP contribution in [-0.4, -0.2) is 10.2 Å². The zero-order valence-electron chi connectivity index (χ0n) is 16.2. The highest BCUT2D eigenvalue weighted by Crippen LogP contribution is 2.37. The molecule has 1 fully saturated rings. The molecule has 0 unspecified atom stereocenters.